The fourth-order valence-corrected chi connectivity index (χ4v) is 4.95. The van der Waals surface area contributed by atoms with Crippen LogP contribution in [0, 0.1) is 0 Å². The first kappa shape index (κ1) is 22.7. The summed E-state index contributed by atoms with van der Waals surface area (Å²) in [5, 5.41) is 4.55. The summed E-state index contributed by atoms with van der Waals surface area (Å²) in [7, 11) is 0.326. The Kier molecular flexibility index (Phi) is 7.92. The normalized spacial score (nSPS) is 11.7. The van der Waals surface area contributed by atoms with Crippen LogP contribution in [0.3, 0.4) is 0 Å². The van der Waals surface area contributed by atoms with Crippen molar-refractivity contribution in [2.24, 2.45) is 0 Å². The summed E-state index contributed by atoms with van der Waals surface area (Å²) in [6.07, 6.45) is 2.73. The molecule has 1 heterocycles. The fourth-order valence-electron chi connectivity index (χ4n) is 3.06. The van der Waals surface area contributed by atoms with Crippen LogP contribution in [-0.2, 0) is 16.6 Å². The van der Waals surface area contributed by atoms with Gasteiger partial charge in [0.25, 0.3) is 10.0 Å². The van der Waals surface area contributed by atoms with Gasteiger partial charge in [0.15, 0.2) is 0 Å². The van der Waals surface area contributed by atoms with Crippen molar-refractivity contribution in [1.29, 1.82) is 0 Å². The second-order valence-corrected chi connectivity index (χ2v) is 8.93. The lowest BCUT2D eigenvalue weighted by atomic mass is 10.2. The van der Waals surface area contributed by atoms with Crippen LogP contribution >= 0.6 is 24.0 Å². The molecule has 1 N–H and O–H groups in total. The van der Waals surface area contributed by atoms with Gasteiger partial charge >= 0.3 is 0 Å². The van der Waals surface area contributed by atoms with E-state index in [0.717, 1.165) is 30.5 Å². The van der Waals surface area contributed by atoms with E-state index in [0.29, 0.717) is 12.1 Å². The molecule has 28 heavy (non-hydrogen) atoms. The number of benzene rings is 2. The molecule has 0 saturated carbocycles. The lowest BCUT2D eigenvalue weighted by molar-refractivity contribution is 0.394. The summed E-state index contributed by atoms with van der Waals surface area (Å²) in [5.41, 5.74) is 1.61. The topological polar surface area (TPSA) is 54.3 Å². The molecular weight excluding hydrogens is 417 g/mol. The van der Waals surface area contributed by atoms with Crippen molar-refractivity contribution in [3.63, 3.8) is 0 Å². The van der Waals surface area contributed by atoms with E-state index in [9.17, 15) is 8.42 Å². The number of aromatic nitrogens is 1. The Bertz CT molecular complexity index is 1030. The number of hydrogen-bond acceptors (Lipinski definition) is 4. The summed E-state index contributed by atoms with van der Waals surface area (Å²) in [6, 6.07) is 14.1. The van der Waals surface area contributed by atoms with E-state index in [4.69, 9.17) is 11.6 Å². The smallest absolute Gasteiger partial charge is 0.269 e. The molecule has 0 atom stereocenters. The summed E-state index contributed by atoms with van der Waals surface area (Å²) < 4.78 is 27.7. The van der Waals surface area contributed by atoms with Crippen LogP contribution in [-0.4, -0.2) is 44.5 Å². The van der Waals surface area contributed by atoms with E-state index in [1.807, 2.05) is 38.4 Å². The number of para-hydroxylation sites is 1. The second kappa shape index (κ2) is 9.76. The molecule has 0 spiro atoms. The van der Waals surface area contributed by atoms with Crippen molar-refractivity contribution in [2.45, 2.75) is 17.9 Å². The molecule has 0 fully saturated rings. The van der Waals surface area contributed by atoms with Gasteiger partial charge in [-0.2, -0.15) is 0 Å². The number of hydrogen-bond donors (Lipinski definition) is 1. The Morgan fingerprint density at radius 3 is 2.46 bits per heavy atom. The SMILES string of the molecule is CN(C)CCCNCc1cn(S(=O)(=O)c2ccccc2Cl)c2ccccc12.Cl. The highest BCUT2D eigenvalue weighted by atomic mass is 35.5. The minimum Gasteiger partial charge on any atom is -0.313 e. The predicted molar refractivity (Wildman–Crippen MR) is 118 cm³/mol. The van der Waals surface area contributed by atoms with Crippen LogP contribution in [0.15, 0.2) is 59.6 Å². The summed E-state index contributed by atoms with van der Waals surface area (Å²) in [4.78, 5) is 2.25. The molecule has 0 aliphatic rings. The van der Waals surface area contributed by atoms with E-state index >= 15 is 0 Å². The Hall–Kier alpha value is -1.57. The third-order valence-electron chi connectivity index (χ3n) is 4.41. The van der Waals surface area contributed by atoms with Gasteiger partial charge in [-0.3, -0.25) is 0 Å². The molecule has 0 amide bonds. The van der Waals surface area contributed by atoms with Gasteiger partial charge in [0, 0.05) is 18.1 Å². The van der Waals surface area contributed by atoms with Gasteiger partial charge in [-0.15, -0.1) is 12.4 Å². The molecular formula is C20H25Cl2N3O2S. The van der Waals surface area contributed by atoms with Gasteiger partial charge in [-0.05, 0) is 57.4 Å². The molecule has 0 radical (unpaired) electrons. The highest BCUT2D eigenvalue weighted by Crippen LogP contribution is 2.29. The maximum absolute atomic E-state index is 13.2. The lowest BCUT2D eigenvalue weighted by Crippen LogP contribution is -2.21. The maximum atomic E-state index is 13.2. The van der Waals surface area contributed by atoms with Gasteiger partial charge in [0.2, 0.25) is 0 Å². The second-order valence-electron chi connectivity index (χ2n) is 6.74. The van der Waals surface area contributed by atoms with Crippen molar-refractivity contribution in [3.05, 3.63) is 65.3 Å². The van der Waals surface area contributed by atoms with E-state index in [2.05, 4.69) is 10.2 Å². The molecule has 1 aromatic heterocycles. The molecule has 152 valence electrons. The average Bonchev–Trinajstić information content (AvgIpc) is 3.01. The third kappa shape index (κ3) is 4.88. The lowest BCUT2D eigenvalue weighted by Gasteiger charge is -2.09. The predicted octanol–water partition coefficient (Wildman–Crippen LogP) is 3.99. The number of nitrogens with one attached hydrogen (secondary N) is 1. The standard InChI is InChI=1S/C20H24ClN3O2S.ClH/c1-23(2)13-7-12-22-14-16-15-24(19-10-5-3-8-17(16)19)27(25,26)20-11-6-4-9-18(20)21;/h3-6,8-11,15,22H,7,12-14H2,1-2H3;1H. The Labute approximate surface area is 177 Å². The average molecular weight is 442 g/mol. The fraction of sp³-hybridized carbons (Fsp3) is 0.300. The van der Waals surface area contributed by atoms with Crippen LogP contribution in [0.1, 0.15) is 12.0 Å². The van der Waals surface area contributed by atoms with Gasteiger partial charge < -0.3 is 10.2 Å². The first-order valence-corrected chi connectivity index (χ1v) is 10.7. The van der Waals surface area contributed by atoms with E-state index in [1.54, 1.807) is 24.4 Å². The van der Waals surface area contributed by atoms with Crippen molar-refractivity contribution >= 4 is 44.9 Å². The van der Waals surface area contributed by atoms with Crippen LogP contribution in [0.25, 0.3) is 10.9 Å². The van der Waals surface area contributed by atoms with Gasteiger partial charge in [0.1, 0.15) is 4.90 Å². The largest absolute Gasteiger partial charge is 0.313 e. The van der Waals surface area contributed by atoms with E-state index < -0.39 is 10.0 Å². The van der Waals surface area contributed by atoms with E-state index in [1.165, 1.54) is 10.0 Å². The summed E-state index contributed by atoms with van der Waals surface area (Å²) in [6.45, 7) is 2.49. The number of rotatable bonds is 8. The van der Waals surface area contributed by atoms with Crippen molar-refractivity contribution in [2.75, 3.05) is 27.2 Å². The Morgan fingerprint density at radius 2 is 1.75 bits per heavy atom. The highest BCUT2D eigenvalue weighted by Gasteiger charge is 2.23. The highest BCUT2D eigenvalue weighted by molar-refractivity contribution is 7.90. The van der Waals surface area contributed by atoms with Crippen LogP contribution < -0.4 is 5.32 Å². The first-order valence-electron chi connectivity index (χ1n) is 8.86. The van der Waals surface area contributed by atoms with Crippen molar-refractivity contribution in [3.8, 4) is 0 Å². The van der Waals surface area contributed by atoms with E-state index in [-0.39, 0.29) is 22.3 Å². The number of nitrogens with zero attached hydrogens (tertiary/aromatic N) is 2. The zero-order valence-electron chi connectivity index (χ0n) is 15.9. The van der Waals surface area contributed by atoms with Gasteiger partial charge in [-0.25, -0.2) is 12.4 Å². The zero-order chi connectivity index (χ0) is 19.4. The van der Waals surface area contributed by atoms with Crippen LogP contribution in [0.4, 0.5) is 0 Å². The molecule has 3 aromatic rings. The molecule has 8 heteroatoms. The molecule has 0 aliphatic carbocycles. The van der Waals surface area contributed by atoms with Crippen molar-refractivity contribution in [1.82, 2.24) is 14.2 Å². The minimum absolute atomic E-state index is 0. The first-order chi connectivity index (χ1) is 12.9. The quantitative estimate of drug-likeness (QED) is 0.536. The number of halogens is 2. The molecule has 0 unspecified atom stereocenters. The Morgan fingerprint density at radius 1 is 1.07 bits per heavy atom. The van der Waals surface area contributed by atoms with Gasteiger partial charge in [0.05, 0.1) is 10.5 Å². The third-order valence-corrected chi connectivity index (χ3v) is 6.58. The van der Waals surface area contributed by atoms with Crippen LogP contribution in [0.5, 0.6) is 0 Å². The van der Waals surface area contributed by atoms with Crippen molar-refractivity contribution < 1.29 is 8.42 Å². The molecule has 0 aliphatic heterocycles. The zero-order valence-corrected chi connectivity index (χ0v) is 18.3. The maximum Gasteiger partial charge on any atom is 0.269 e. The number of fused-ring (bicyclic) bond motifs is 1. The minimum atomic E-state index is -3.77. The Balaban J connectivity index is 0.00000280. The molecule has 0 saturated heterocycles. The summed E-state index contributed by atoms with van der Waals surface area (Å²) >= 11 is 6.15. The van der Waals surface area contributed by atoms with Crippen LogP contribution in [0.2, 0.25) is 5.02 Å². The molecule has 5 nitrogen and oxygen atoms in total. The molecule has 0 bridgehead atoms. The summed E-state index contributed by atoms with van der Waals surface area (Å²) in [5.74, 6) is 0. The molecule has 3 rings (SSSR count). The monoisotopic (exact) mass is 441 g/mol. The molecule has 2 aromatic carbocycles. The van der Waals surface area contributed by atoms with Gasteiger partial charge in [-0.1, -0.05) is 41.9 Å².